The van der Waals surface area contributed by atoms with E-state index in [-0.39, 0.29) is 11.3 Å². The van der Waals surface area contributed by atoms with Crippen LogP contribution in [0.1, 0.15) is 28.7 Å². The Balaban J connectivity index is 1.71. The Morgan fingerprint density at radius 3 is 2.89 bits per heavy atom. The SMILES string of the molecule is C[C@@]1(c2cc(NC(=O)c3ccc(Cl)cn3)ccc2F)N=C(N)Cn2nccc21. The Bertz CT molecular complexity index is 1090. The molecule has 0 saturated carbocycles. The van der Waals surface area contributed by atoms with Crippen LogP contribution < -0.4 is 11.1 Å². The number of nitrogens with two attached hydrogens (primary N) is 1. The van der Waals surface area contributed by atoms with Crippen LogP contribution in [0.2, 0.25) is 5.02 Å². The predicted octanol–water partition coefficient (Wildman–Crippen LogP) is 2.96. The Labute approximate surface area is 165 Å². The zero-order valence-corrected chi connectivity index (χ0v) is 15.6. The van der Waals surface area contributed by atoms with Crippen LogP contribution in [0.4, 0.5) is 10.1 Å². The lowest BCUT2D eigenvalue weighted by atomic mass is 9.87. The van der Waals surface area contributed by atoms with Gasteiger partial charge in [0.05, 0.1) is 17.3 Å². The van der Waals surface area contributed by atoms with E-state index in [0.717, 1.165) is 0 Å². The number of pyridine rings is 1. The Morgan fingerprint density at radius 2 is 2.14 bits per heavy atom. The molecule has 0 radical (unpaired) electrons. The fraction of sp³-hybridized carbons (Fsp3) is 0.158. The van der Waals surface area contributed by atoms with Crippen molar-refractivity contribution in [1.82, 2.24) is 14.8 Å². The average Bonchev–Trinajstić information content (AvgIpc) is 3.13. The fourth-order valence-corrected chi connectivity index (χ4v) is 3.40. The van der Waals surface area contributed by atoms with Crippen molar-refractivity contribution < 1.29 is 9.18 Å². The number of aliphatic imine (C=N–C) groups is 1. The van der Waals surface area contributed by atoms with Gasteiger partial charge >= 0.3 is 0 Å². The highest BCUT2D eigenvalue weighted by Gasteiger charge is 2.37. The molecule has 1 amide bonds. The largest absolute Gasteiger partial charge is 0.386 e. The summed E-state index contributed by atoms with van der Waals surface area (Å²) >= 11 is 5.79. The normalized spacial score (nSPS) is 18.3. The second-order valence-corrected chi connectivity index (χ2v) is 7.00. The monoisotopic (exact) mass is 398 g/mol. The fourth-order valence-electron chi connectivity index (χ4n) is 3.29. The maximum Gasteiger partial charge on any atom is 0.274 e. The number of halogens is 2. The van der Waals surface area contributed by atoms with Gasteiger partial charge in [0.2, 0.25) is 0 Å². The molecule has 4 rings (SSSR count). The van der Waals surface area contributed by atoms with Crippen molar-refractivity contribution in [2.75, 3.05) is 5.32 Å². The number of nitrogens with zero attached hydrogens (tertiary/aromatic N) is 4. The van der Waals surface area contributed by atoms with E-state index in [1.165, 1.54) is 24.4 Å². The molecule has 3 heterocycles. The Hall–Kier alpha value is -3.26. The van der Waals surface area contributed by atoms with Gasteiger partial charge in [-0.25, -0.2) is 9.37 Å². The number of rotatable bonds is 3. The van der Waals surface area contributed by atoms with Crippen LogP contribution >= 0.6 is 11.6 Å². The summed E-state index contributed by atoms with van der Waals surface area (Å²) in [5.74, 6) is -0.551. The van der Waals surface area contributed by atoms with E-state index in [1.807, 2.05) is 0 Å². The van der Waals surface area contributed by atoms with Gasteiger partial charge in [0.25, 0.3) is 5.91 Å². The molecule has 0 aliphatic carbocycles. The molecular weight excluding hydrogens is 383 g/mol. The summed E-state index contributed by atoms with van der Waals surface area (Å²) in [4.78, 5) is 20.9. The third-order valence-corrected chi connectivity index (χ3v) is 4.83. The number of anilines is 1. The number of carbonyl (C=O) groups excluding carboxylic acids is 1. The molecule has 0 spiro atoms. The maximum absolute atomic E-state index is 14.8. The van der Waals surface area contributed by atoms with Crippen LogP contribution in [0.5, 0.6) is 0 Å². The molecule has 1 atom stereocenters. The molecule has 0 saturated heterocycles. The number of aromatic nitrogens is 3. The molecule has 1 aliphatic heterocycles. The summed E-state index contributed by atoms with van der Waals surface area (Å²) in [6.07, 6.45) is 3.01. The summed E-state index contributed by atoms with van der Waals surface area (Å²) in [5, 5.41) is 7.37. The third-order valence-electron chi connectivity index (χ3n) is 4.60. The maximum atomic E-state index is 14.8. The summed E-state index contributed by atoms with van der Waals surface area (Å²) < 4.78 is 16.4. The van der Waals surface area contributed by atoms with Crippen molar-refractivity contribution in [2.24, 2.45) is 10.7 Å². The van der Waals surface area contributed by atoms with E-state index in [4.69, 9.17) is 17.3 Å². The summed E-state index contributed by atoms with van der Waals surface area (Å²) in [6, 6.07) is 9.16. The van der Waals surface area contributed by atoms with Crippen molar-refractivity contribution in [3.63, 3.8) is 0 Å². The highest BCUT2D eigenvalue weighted by atomic mass is 35.5. The van der Waals surface area contributed by atoms with E-state index in [9.17, 15) is 9.18 Å². The predicted molar refractivity (Wildman–Crippen MR) is 104 cm³/mol. The topological polar surface area (TPSA) is 98.2 Å². The number of amidine groups is 1. The van der Waals surface area contributed by atoms with Crippen molar-refractivity contribution >= 4 is 29.0 Å². The number of fused-ring (bicyclic) bond motifs is 1. The van der Waals surface area contributed by atoms with Crippen LogP contribution in [0.15, 0.2) is 53.8 Å². The third kappa shape index (κ3) is 3.11. The summed E-state index contributed by atoms with van der Waals surface area (Å²) in [7, 11) is 0. The molecule has 1 aromatic carbocycles. The highest BCUT2D eigenvalue weighted by Crippen LogP contribution is 2.38. The Morgan fingerprint density at radius 1 is 1.32 bits per heavy atom. The smallest absolute Gasteiger partial charge is 0.274 e. The first-order chi connectivity index (χ1) is 13.4. The van der Waals surface area contributed by atoms with E-state index in [1.54, 1.807) is 36.0 Å². The van der Waals surface area contributed by atoms with Gasteiger partial charge in [-0.05, 0) is 43.3 Å². The summed E-state index contributed by atoms with van der Waals surface area (Å²) in [6.45, 7) is 2.11. The first-order valence-corrected chi connectivity index (χ1v) is 8.84. The van der Waals surface area contributed by atoms with Crippen LogP contribution in [0, 0.1) is 5.82 Å². The van der Waals surface area contributed by atoms with Gasteiger partial charge in [0.1, 0.15) is 22.9 Å². The minimum atomic E-state index is -1.07. The van der Waals surface area contributed by atoms with Crippen molar-refractivity contribution in [2.45, 2.75) is 19.0 Å². The molecule has 2 aromatic heterocycles. The van der Waals surface area contributed by atoms with Gasteiger partial charge in [-0.15, -0.1) is 0 Å². The van der Waals surface area contributed by atoms with E-state index in [0.29, 0.717) is 28.8 Å². The van der Waals surface area contributed by atoms with Crippen molar-refractivity contribution in [3.05, 3.63) is 76.6 Å². The van der Waals surface area contributed by atoms with Gasteiger partial charge in [-0.2, -0.15) is 5.10 Å². The number of hydrogen-bond acceptors (Lipinski definition) is 5. The van der Waals surface area contributed by atoms with Crippen molar-refractivity contribution in [3.8, 4) is 0 Å². The number of nitrogens with one attached hydrogen (secondary N) is 1. The number of carbonyl (C=O) groups is 1. The lowest BCUT2D eigenvalue weighted by molar-refractivity contribution is 0.102. The highest BCUT2D eigenvalue weighted by molar-refractivity contribution is 6.30. The lowest BCUT2D eigenvalue weighted by Gasteiger charge is -2.31. The van der Waals surface area contributed by atoms with Gasteiger partial charge in [-0.3, -0.25) is 14.5 Å². The molecule has 0 bridgehead atoms. The molecule has 1 aliphatic rings. The molecule has 0 unspecified atom stereocenters. The second-order valence-electron chi connectivity index (χ2n) is 6.56. The standard InChI is InChI=1S/C19H16ClFN6O/c1-19(16-6-7-24-27(16)10-17(22)26-19)13-8-12(3-4-14(13)21)25-18(28)15-5-2-11(20)9-23-15/h2-9H,10H2,1H3,(H2,22,26)(H,25,28)/t19-/m0/s1. The molecule has 9 heteroatoms. The zero-order valence-electron chi connectivity index (χ0n) is 14.9. The van der Waals surface area contributed by atoms with Gasteiger partial charge in [0, 0.05) is 23.6 Å². The lowest BCUT2D eigenvalue weighted by Crippen LogP contribution is -2.37. The Kier molecular flexibility index (Phi) is 4.35. The summed E-state index contributed by atoms with van der Waals surface area (Å²) in [5.41, 5.74) is 6.48. The van der Waals surface area contributed by atoms with Crippen molar-refractivity contribution in [1.29, 1.82) is 0 Å². The quantitative estimate of drug-likeness (QED) is 0.708. The van der Waals surface area contributed by atoms with Crippen LogP contribution in [-0.4, -0.2) is 26.5 Å². The van der Waals surface area contributed by atoms with Gasteiger partial charge in [0.15, 0.2) is 0 Å². The average molecular weight is 399 g/mol. The van der Waals surface area contributed by atoms with Crippen LogP contribution in [-0.2, 0) is 12.1 Å². The molecule has 28 heavy (non-hydrogen) atoms. The number of amides is 1. The zero-order chi connectivity index (χ0) is 19.9. The molecule has 7 nitrogen and oxygen atoms in total. The van der Waals surface area contributed by atoms with E-state index in [2.05, 4.69) is 20.4 Å². The first kappa shape index (κ1) is 18.1. The minimum Gasteiger partial charge on any atom is -0.386 e. The molecule has 3 aromatic rings. The molecule has 3 N–H and O–H groups in total. The number of hydrogen-bond donors (Lipinski definition) is 2. The van der Waals surface area contributed by atoms with E-state index >= 15 is 0 Å². The molecular formula is C19H16ClFN6O. The van der Waals surface area contributed by atoms with E-state index < -0.39 is 17.3 Å². The number of benzene rings is 1. The van der Waals surface area contributed by atoms with Gasteiger partial charge in [-0.1, -0.05) is 11.6 Å². The van der Waals surface area contributed by atoms with Crippen LogP contribution in [0.25, 0.3) is 0 Å². The second kappa shape index (κ2) is 6.72. The molecule has 0 fully saturated rings. The minimum absolute atomic E-state index is 0.194. The molecule has 142 valence electrons. The van der Waals surface area contributed by atoms with Gasteiger partial charge < -0.3 is 11.1 Å². The first-order valence-electron chi connectivity index (χ1n) is 8.46. The van der Waals surface area contributed by atoms with Crippen LogP contribution in [0.3, 0.4) is 0 Å².